The Morgan fingerprint density at radius 1 is 1.06 bits per heavy atom. The summed E-state index contributed by atoms with van der Waals surface area (Å²) in [5.74, 6) is 0. The van der Waals surface area contributed by atoms with E-state index >= 15 is 0 Å². The Morgan fingerprint density at radius 3 is 2.81 bits per heavy atom. The molecule has 0 N–H and O–H groups in total. The van der Waals surface area contributed by atoms with Gasteiger partial charge in [0.1, 0.15) is 5.02 Å². The van der Waals surface area contributed by atoms with Gasteiger partial charge in [-0.3, -0.25) is 0 Å². The number of thiol groups is 1. The first-order chi connectivity index (χ1) is 7.77. The standard InChI is InChI=1S/C13H8ClNS/c14-11-6-3-5-10-12(16)8-9-4-1-2-7-15(9)13(10)11/h1-8H/p+1. The van der Waals surface area contributed by atoms with Crippen LogP contribution in [-0.4, -0.2) is 0 Å². The van der Waals surface area contributed by atoms with Crippen molar-refractivity contribution >= 4 is 40.6 Å². The van der Waals surface area contributed by atoms with Crippen LogP contribution in [0.5, 0.6) is 0 Å². The van der Waals surface area contributed by atoms with Crippen LogP contribution in [0.3, 0.4) is 0 Å². The minimum absolute atomic E-state index is 0.745. The molecule has 3 rings (SSSR count). The molecule has 0 aliphatic carbocycles. The predicted octanol–water partition coefficient (Wildman–Crippen LogP) is 3.52. The zero-order chi connectivity index (χ0) is 11.1. The van der Waals surface area contributed by atoms with Gasteiger partial charge in [-0.2, -0.15) is 4.40 Å². The molecule has 3 heteroatoms. The summed E-state index contributed by atoms with van der Waals surface area (Å²) in [6, 6.07) is 14.0. The van der Waals surface area contributed by atoms with E-state index in [0.717, 1.165) is 26.3 Å². The first-order valence-electron chi connectivity index (χ1n) is 4.98. The van der Waals surface area contributed by atoms with Crippen LogP contribution < -0.4 is 4.40 Å². The van der Waals surface area contributed by atoms with Gasteiger partial charge in [-0.25, -0.2) is 0 Å². The average Bonchev–Trinajstić information content (AvgIpc) is 2.30. The second kappa shape index (κ2) is 3.65. The lowest BCUT2D eigenvalue weighted by molar-refractivity contribution is -0.481. The summed E-state index contributed by atoms with van der Waals surface area (Å²) in [5.41, 5.74) is 2.10. The van der Waals surface area contributed by atoms with Crippen molar-refractivity contribution in [3.63, 3.8) is 0 Å². The average molecular weight is 247 g/mol. The molecule has 1 aromatic carbocycles. The van der Waals surface area contributed by atoms with E-state index in [1.54, 1.807) is 0 Å². The van der Waals surface area contributed by atoms with Gasteiger partial charge in [0, 0.05) is 23.1 Å². The van der Waals surface area contributed by atoms with Gasteiger partial charge in [-0.05, 0) is 18.2 Å². The van der Waals surface area contributed by atoms with Crippen molar-refractivity contribution in [3.05, 3.63) is 53.7 Å². The summed E-state index contributed by atoms with van der Waals surface area (Å²) in [6.45, 7) is 0. The van der Waals surface area contributed by atoms with Crippen molar-refractivity contribution in [1.82, 2.24) is 0 Å². The van der Waals surface area contributed by atoms with Crippen LogP contribution in [0.1, 0.15) is 0 Å². The van der Waals surface area contributed by atoms with E-state index in [4.69, 9.17) is 11.6 Å². The monoisotopic (exact) mass is 246 g/mol. The lowest BCUT2D eigenvalue weighted by Crippen LogP contribution is -2.22. The van der Waals surface area contributed by atoms with Crippen molar-refractivity contribution < 1.29 is 4.40 Å². The molecule has 16 heavy (non-hydrogen) atoms. The summed E-state index contributed by atoms with van der Waals surface area (Å²) >= 11 is 10.8. The van der Waals surface area contributed by atoms with Gasteiger partial charge in [0.2, 0.25) is 11.0 Å². The highest BCUT2D eigenvalue weighted by Crippen LogP contribution is 2.26. The summed E-state index contributed by atoms with van der Waals surface area (Å²) in [5, 5.41) is 1.81. The smallest absolute Gasteiger partial charge is 0.159 e. The fourth-order valence-electron chi connectivity index (χ4n) is 1.96. The van der Waals surface area contributed by atoms with Crippen LogP contribution in [0.4, 0.5) is 0 Å². The van der Waals surface area contributed by atoms with Gasteiger partial charge in [-0.1, -0.05) is 17.7 Å². The highest BCUT2D eigenvalue weighted by molar-refractivity contribution is 7.80. The van der Waals surface area contributed by atoms with Crippen LogP contribution in [0.2, 0.25) is 5.02 Å². The maximum Gasteiger partial charge on any atom is 0.238 e. The first kappa shape index (κ1) is 9.94. The molecule has 0 unspecified atom stereocenters. The summed E-state index contributed by atoms with van der Waals surface area (Å²) in [6.07, 6.45) is 2.01. The third-order valence-corrected chi connectivity index (χ3v) is 3.35. The van der Waals surface area contributed by atoms with Crippen molar-refractivity contribution in [2.75, 3.05) is 0 Å². The molecule has 0 saturated heterocycles. The fourth-order valence-corrected chi connectivity index (χ4v) is 2.54. The van der Waals surface area contributed by atoms with Gasteiger partial charge in [0.05, 0.1) is 5.39 Å². The van der Waals surface area contributed by atoms with E-state index in [-0.39, 0.29) is 0 Å². The van der Waals surface area contributed by atoms with Gasteiger partial charge in [0.25, 0.3) is 0 Å². The van der Waals surface area contributed by atoms with Crippen molar-refractivity contribution in [2.45, 2.75) is 4.90 Å². The quantitative estimate of drug-likeness (QED) is 0.352. The molecule has 0 fully saturated rings. The molecule has 0 atom stereocenters. The lowest BCUT2D eigenvalue weighted by atomic mass is 10.2. The number of pyridine rings is 2. The van der Waals surface area contributed by atoms with E-state index < -0.39 is 0 Å². The van der Waals surface area contributed by atoms with Crippen LogP contribution >= 0.6 is 24.2 Å². The number of rotatable bonds is 0. The number of para-hydroxylation sites is 1. The molecular formula is C13H9ClNS+. The lowest BCUT2D eigenvalue weighted by Gasteiger charge is -2.01. The van der Waals surface area contributed by atoms with Crippen LogP contribution in [0.15, 0.2) is 53.6 Å². The largest absolute Gasteiger partial charge is 0.238 e. The molecule has 0 radical (unpaired) electrons. The van der Waals surface area contributed by atoms with Gasteiger partial charge >= 0.3 is 0 Å². The van der Waals surface area contributed by atoms with E-state index in [0.29, 0.717) is 0 Å². The Morgan fingerprint density at radius 2 is 1.94 bits per heavy atom. The minimum atomic E-state index is 0.745. The Kier molecular flexibility index (Phi) is 2.27. The maximum atomic E-state index is 6.25. The highest BCUT2D eigenvalue weighted by atomic mass is 35.5. The molecule has 2 heterocycles. The molecule has 78 valence electrons. The molecule has 0 bridgehead atoms. The van der Waals surface area contributed by atoms with Crippen molar-refractivity contribution in [2.24, 2.45) is 0 Å². The zero-order valence-electron chi connectivity index (χ0n) is 8.39. The van der Waals surface area contributed by atoms with E-state index in [1.807, 2.05) is 48.7 Å². The predicted molar refractivity (Wildman–Crippen MR) is 69.4 cm³/mol. The molecular weight excluding hydrogens is 238 g/mol. The second-order valence-corrected chi connectivity index (χ2v) is 4.55. The normalized spacial score (nSPS) is 11.1. The SMILES string of the molecule is Sc1cc2cccc[n+]2c2c(Cl)cccc12. The summed E-state index contributed by atoms with van der Waals surface area (Å²) in [4.78, 5) is 0.948. The van der Waals surface area contributed by atoms with E-state index in [1.165, 1.54) is 0 Å². The Hall–Kier alpha value is -1.25. The Balaban J connectivity index is 2.67. The molecule has 1 nitrogen and oxygen atoms in total. The molecule has 2 aromatic heterocycles. The molecule has 0 aliphatic rings. The molecule has 0 amide bonds. The number of nitrogens with zero attached hydrogens (tertiary/aromatic N) is 1. The number of benzene rings is 1. The third-order valence-electron chi connectivity index (χ3n) is 2.68. The second-order valence-electron chi connectivity index (χ2n) is 3.66. The number of hydrogen-bond acceptors (Lipinski definition) is 1. The zero-order valence-corrected chi connectivity index (χ0v) is 10.0. The maximum absolute atomic E-state index is 6.25. The number of aromatic nitrogens is 1. The summed E-state index contributed by atoms with van der Waals surface area (Å²) < 4.78 is 2.08. The van der Waals surface area contributed by atoms with Crippen LogP contribution in [0, 0.1) is 0 Å². The first-order valence-corrected chi connectivity index (χ1v) is 5.80. The van der Waals surface area contributed by atoms with Crippen LogP contribution in [0.25, 0.3) is 16.4 Å². The minimum Gasteiger partial charge on any atom is -0.159 e. The van der Waals surface area contributed by atoms with E-state index in [9.17, 15) is 0 Å². The highest BCUT2D eigenvalue weighted by Gasteiger charge is 2.14. The fraction of sp³-hybridized carbons (Fsp3) is 0. The third kappa shape index (κ3) is 1.38. The summed E-state index contributed by atoms with van der Waals surface area (Å²) in [7, 11) is 0. The van der Waals surface area contributed by atoms with Gasteiger partial charge in [-0.15, -0.1) is 12.6 Å². The van der Waals surface area contributed by atoms with Gasteiger partial charge < -0.3 is 0 Å². The molecule has 0 saturated carbocycles. The van der Waals surface area contributed by atoms with Crippen LogP contribution in [-0.2, 0) is 0 Å². The van der Waals surface area contributed by atoms with E-state index in [2.05, 4.69) is 17.0 Å². The number of hydrogen-bond donors (Lipinski definition) is 1. The van der Waals surface area contributed by atoms with Gasteiger partial charge in [0.15, 0.2) is 6.20 Å². The molecule has 3 aromatic rings. The number of halogens is 1. The Labute approximate surface area is 104 Å². The number of fused-ring (bicyclic) bond motifs is 3. The van der Waals surface area contributed by atoms with Crippen molar-refractivity contribution in [3.8, 4) is 0 Å². The molecule has 0 aliphatic heterocycles. The van der Waals surface area contributed by atoms with Crippen molar-refractivity contribution in [1.29, 1.82) is 0 Å². The topological polar surface area (TPSA) is 4.10 Å². The molecule has 0 spiro atoms. The Bertz CT molecular complexity index is 694.